The van der Waals surface area contributed by atoms with E-state index in [1.54, 1.807) is 0 Å². The normalized spacial score (nSPS) is 13.5. The Balaban J connectivity index is 3.24. The first-order valence-corrected chi connectivity index (χ1v) is 7.23. The molecule has 0 saturated heterocycles. The lowest BCUT2D eigenvalue weighted by Gasteiger charge is -2.20. The van der Waals surface area contributed by atoms with Crippen LogP contribution in [0.3, 0.4) is 0 Å². The van der Waals surface area contributed by atoms with Gasteiger partial charge < -0.3 is 5.11 Å². The van der Waals surface area contributed by atoms with Crippen molar-refractivity contribution in [2.24, 2.45) is 5.92 Å². The first-order chi connectivity index (χ1) is 9.09. The van der Waals surface area contributed by atoms with Crippen LogP contribution < -0.4 is 0 Å². The van der Waals surface area contributed by atoms with E-state index in [0.717, 1.165) is 13.1 Å². The SMILES string of the molecule is CC(CN(C)S(=O)(=O)c1c(Cl)ccc(F)c1F)C(=O)O. The molecular weight excluding hydrogens is 316 g/mol. The van der Waals surface area contributed by atoms with Crippen molar-refractivity contribution < 1.29 is 27.1 Å². The second kappa shape index (κ2) is 6.02. The zero-order valence-electron chi connectivity index (χ0n) is 10.6. The molecule has 0 saturated carbocycles. The molecule has 0 aromatic heterocycles. The van der Waals surface area contributed by atoms with Crippen molar-refractivity contribution in [2.45, 2.75) is 11.8 Å². The van der Waals surface area contributed by atoms with Gasteiger partial charge in [0.15, 0.2) is 11.6 Å². The fraction of sp³-hybridized carbons (Fsp3) is 0.364. The summed E-state index contributed by atoms with van der Waals surface area (Å²) >= 11 is 5.60. The van der Waals surface area contributed by atoms with Crippen LogP contribution >= 0.6 is 11.6 Å². The number of hydrogen-bond donors (Lipinski definition) is 1. The Labute approximate surface area is 119 Å². The van der Waals surface area contributed by atoms with Crippen LogP contribution in [0.15, 0.2) is 17.0 Å². The third kappa shape index (κ3) is 3.25. The second-order valence-corrected chi connectivity index (χ2v) is 6.59. The maximum absolute atomic E-state index is 13.6. The number of aliphatic carboxylic acids is 1. The largest absolute Gasteiger partial charge is 0.481 e. The van der Waals surface area contributed by atoms with Gasteiger partial charge in [-0.3, -0.25) is 4.79 Å². The fourth-order valence-electron chi connectivity index (χ4n) is 1.46. The molecule has 0 fully saturated rings. The Hall–Kier alpha value is -1.25. The van der Waals surface area contributed by atoms with Gasteiger partial charge in [-0.1, -0.05) is 18.5 Å². The van der Waals surface area contributed by atoms with Gasteiger partial charge in [-0.2, -0.15) is 4.31 Å². The second-order valence-electron chi connectivity index (χ2n) is 4.20. The van der Waals surface area contributed by atoms with Gasteiger partial charge in [0.25, 0.3) is 0 Å². The van der Waals surface area contributed by atoms with Gasteiger partial charge in [0, 0.05) is 13.6 Å². The quantitative estimate of drug-likeness (QED) is 0.839. The number of benzene rings is 1. The van der Waals surface area contributed by atoms with E-state index in [4.69, 9.17) is 16.7 Å². The number of rotatable bonds is 5. The predicted molar refractivity (Wildman–Crippen MR) is 68.0 cm³/mol. The van der Waals surface area contributed by atoms with E-state index < -0.39 is 50.0 Å². The molecule has 1 aromatic carbocycles. The molecule has 112 valence electrons. The lowest BCUT2D eigenvalue weighted by atomic mass is 10.2. The number of carbonyl (C=O) groups is 1. The number of nitrogens with zero attached hydrogens (tertiary/aromatic N) is 1. The Bertz CT molecular complexity index is 636. The molecule has 1 rings (SSSR count). The minimum absolute atomic E-state index is 0.399. The zero-order valence-corrected chi connectivity index (χ0v) is 12.2. The lowest BCUT2D eigenvalue weighted by molar-refractivity contribution is -0.141. The van der Waals surface area contributed by atoms with Crippen LogP contribution in [0.25, 0.3) is 0 Å². The monoisotopic (exact) mass is 327 g/mol. The summed E-state index contributed by atoms with van der Waals surface area (Å²) in [5.41, 5.74) is 0. The van der Waals surface area contributed by atoms with Gasteiger partial charge >= 0.3 is 5.97 Å². The summed E-state index contributed by atoms with van der Waals surface area (Å²) < 4.78 is 51.6. The van der Waals surface area contributed by atoms with Crippen molar-refractivity contribution >= 4 is 27.6 Å². The molecule has 5 nitrogen and oxygen atoms in total. The molecule has 0 aliphatic heterocycles. The number of carboxylic acids is 1. The fourth-order valence-corrected chi connectivity index (χ4v) is 3.27. The molecule has 0 heterocycles. The van der Waals surface area contributed by atoms with Gasteiger partial charge in [0.1, 0.15) is 4.90 Å². The summed E-state index contributed by atoms with van der Waals surface area (Å²) in [6.45, 7) is 0.891. The predicted octanol–water partition coefficient (Wildman–Crippen LogP) is 1.96. The highest BCUT2D eigenvalue weighted by Crippen LogP contribution is 2.28. The van der Waals surface area contributed by atoms with E-state index in [1.807, 2.05) is 0 Å². The molecule has 1 aromatic rings. The molecule has 1 unspecified atom stereocenters. The number of halogens is 3. The molecular formula is C11H12ClF2NO4S. The maximum atomic E-state index is 13.6. The molecule has 0 spiro atoms. The van der Waals surface area contributed by atoms with Gasteiger partial charge in [-0.15, -0.1) is 0 Å². The maximum Gasteiger partial charge on any atom is 0.307 e. The average molecular weight is 328 g/mol. The summed E-state index contributed by atoms with van der Waals surface area (Å²) in [4.78, 5) is 9.70. The first kappa shape index (κ1) is 16.8. The molecule has 1 atom stereocenters. The van der Waals surface area contributed by atoms with Crippen molar-refractivity contribution in [1.29, 1.82) is 0 Å². The van der Waals surface area contributed by atoms with Crippen LogP contribution in [0.2, 0.25) is 5.02 Å². The highest BCUT2D eigenvalue weighted by molar-refractivity contribution is 7.89. The molecule has 0 aliphatic carbocycles. The van der Waals surface area contributed by atoms with Gasteiger partial charge in [-0.25, -0.2) is 17.2 Å². The highest BCUT2D eigenvalue weighted by atomic mass is 35.5. The van der Waals surface area contributed by atoms with Crippen LogP contribution in [0.4, 0.5) is 8.78 Å². The van der Waals surface area contributed by atoms with Crippen LogP contribution in [0, 0.1) is 17.6 Å². The third-order valence-corrected chi connectivity index (χ3v) is 4.93. The van der Waals surface area contributed by atoms with E-state index in [-0.39, 0.29) is 0 Å². The van der Waals surface area contributed by atoms with E-state index in [1.165, 1.54) is 6.92 Å². The van der Waals surface area contributed by atoms with E-state index in [9.17, 15) is 22.0 Å². The topological polar surface area (TPSA) is 74.7 Å². The summed E-state index contributed by atoms with van der Waals surface area (Å²) in [7, 11) is -3.36. The van der Waals surface area contributed by atoms with Crippen molar-refractivity contribution in [3.8, 4) is 0 Å². The van der Waals surface area contributed by atoms with Crippen molar-refractivity contribution in [3.05, 3.63) is 28.8 Å². The van der Waals surface area contributed by atoms with Crippen molar-refractivity contribution in [1.82, 2.24) is 4.31 Å². The standard InChI is InChI=1S/C11H12ClF2NO4S/c1-6(11(16)17)5-15(2)20(18,19)10-7(12)3-4-8(13)9(10)14/h3-4,6H,5H2,1-2H3,(H,16,17). The molecule has 0 bridgehead atoms. The third-order valence-electron chi connectivity index (χ3n) is 2.62. The Morgan fingerprint density at radius 3 is 2.50 bits per heavy atom. The summed E-state index contributed by atoms with van der Waals surface area (Å²) in [5, 5.41) is 8.27. The smallest absolute Gasteiger partial charge is 0.307 e. The highest BCUT2D eigenvalue weighted by Gasteiger charge is 2.31. The average Bonchev–Trinajstić information content (AvgIpc) is 2.33. The van der Waals surface area contributed by atoms with E-state index in [2.05, 4.69) is 0 Å². The first-order valence-electron chi connectivity index (χ1n) is 5.41. The molecule has 0 amide bonds. The van der Waals surface area contributed by atoms with Crippen molar-refractivity contribution in [2.75, 3.05) is 13.6 Å². The van der Waals surface area contributed by atoms with E-state index in [0.29, 0.717) is 10.4 Å². The lowest BCUT2D eigenvalue weighted by Crippen LogP contribution is -2.34. The minimum Gasteiger partial charge on any atom is -0.481 e. The van der Waals surface area contributed by atoms with Crippen molar-refractivity contribution in [3.63, 3.8) is 0 Å². The molecule has 1 N–H and O–H groups in total. The van der Waals surface area contributed by atoms with Gasteiger partial charge in [0.05, 0.1) is 10.9 Å². The van der Waals surface area contributed by atoms with Gasteiger partial charge in [-0.05, 0) is 12.1 Å². The zero-order chi connectivity index (χ0) is 15.7. The molecule has 0 radical (unpaired) electrons. The minimum atomic E-state index is -4.43. The van der Waals surface area contributed by atoms with Crippen LogP contribution in [0.1, 0.15) is 6.92 Å². The number of sulfonamides is 1. The van der Waals surface area contributed by atoms with Crippen LogP contribution in [0.5, 0.6) is 0 Å². The van der Waals surface area contributed by atoms with E-state index >= 15 is 0 Å². The molecule has 0 aliphatic rings. The van der Waals surface area contributed by atoms with Gasteiger partial charge in [0.2, 0.25) is 10.0 Å². The number of carboxylic acid groups (broad SMARTS) is 1. The Kier molecular flexibility index (Phi) is 5.06. The molecule has 9 heteroatoms. The number of hydrogen-bond acceptors (Lipinski definition) is 3. The molecule has 20 heavy (non-hydrogen) atoms. The summed E-state index contributed by atoms with van der Waals surface area (Å²) in [6, 6.07) is 1.62. The van der Waals surface area contributed by atoms with Crippen LogP contribution in [-0.4, -0.2) is 37.4 Å². The summed E-state index contributed by atoms with van der Waals surface area (Å²) in [5.74, 6) is -5.16. The van der Waals surface area contributed by atoms with Crippen LogP contribution in [-0.2, 0) is 14.8 Å². The summed E-state index contributed by atoms with van der Waals surface area (Å²) in [6.07, 6.45) is 0. The Morgan fingerprint density at radius 1 is 1.45 bits per heavy atom. The Morgan fingerprint density at radius 2 is 2.00 bits per heavy atom.